The van der Waals surface area contributed by atoms with Gasteiger partial charge >= 0.3 is 0 Å². The van der Waals surface area contributed by atoms with E-state index in [4.69, 9.17) is 16.3 Å². The smallest absolute Gasteiger partial charge is 0.142 e. The van der Waals surface area contributed by atoms with Crippen molar-refractivity contribution >= 4 is 11.6 Å². The molecule has 2 nitrogen and oxygen atoms in total. The van der Waals surface area contributed by atoms with Gasteiger partial charge in [-0.3, -0.25) is 0 Å². The van der Waals surface area contributed by atoms with Gasteiger partial charge in [0.1, 0.15) is 5.82 Å². The molecule has 0 heterocycles. The number of hydrogen-bond donors (Lipinski definition) is 1. The summed E-state index contributed by atoms with van der Waals surface area (Å²) in [6.45, 7) is 3.51. The lowest BCUT2D eigenvalue weighted by Gasteiger charge is -2.17. The molecule has 0 amide bonds. The van der Waals surface area contributed by atoms with Gasteiger partial charge in [-0.2, -0.15) is 0 Å². The fourth-order valence-corrected chi connectivity index (χ4v) is 2.10. The zero-order valence-electron chi connectivity index (χ0n) is 11.0. The molecule has 4 heteroatoms. The first-order valence-electron chi connectivity index (χ1n) is 6.37. The molecule has 1 aromatic carbocycles. The highest BCUT2D eigenvalue weighted by atomic mass is 35.5. The predicted molar refractivity (Wildman–Crippen MR) is 73.7 cm³/mol. The van der Waals surface area contributed by atoms with E-state index in [1.54, 1.807) is 6.07 Å². The second-order valence-electron chi connectivity index (χ2n) is 4.24. The lowest BCUT2D eigenvalue weighted by molar-refractivity contribution is 0.141. The molecule has 1 aromatic rings. The molecule has 1 atom stereocenters. The number of likely N-dealkylation sites (N-methyl/N-ethyl adjacent to an activating group) is 1. The highest BCUT2D eigenvalue weighted by Gasteiger charge is 2.11. The lowest BCUT2D eigenvalue weighted by atomic mass is 10.0. The van der Waals surface area contributed by atoms with E-state index < -0.39 is 0 Å². The van der Waals surface area contributed by atoms with E-state index in [-0.39, 0.29) is 10.8 Å². The number of benzene rings is 1. The molecule has 102 valence electrons. The van der Waals surface area contributed by atoms with Crippen LogP contribution < -0.4 is 5.32 Å². The fraction of sp³-hybridized carbons (Fsp3) is 0.571. The number of hydrogen-bond acceptors (Lipinski definition) is 2. The van der Waals surface area contributed by atoms with E-state index in [0.29, 0.717) is 6.04 Å². The van der Waals surface area contributed by atoms with E-state index in [1.807, 2.05) is 20.0 Å². The number of rotatable bonds is 8. The molecular formula is C14H21ClFNO. The molecule has 0 aromatic heterocycles. The van der Waals surface area contributed by atoms with Crippen LogP contribution in [0.4, 0.5) is 4.39 Å². The third-order valence-electron chi connectivity index (χ3n) is 2.95. The van der Waals surface area contributed by atoms with Crippen LogP contribution in [0.25, 0.3) is 0 Å². The molecule has 0 saturated carbocycles. The van der Waals surface area contributed by atoms with Crippen LogP contribution in [0.1, 0.15) is 25.3 Å². The summed E-state index contributed by atoms with van der Waals surface area (Å²) in [5.74, 6) is -0.349. The van der Waals surface area contributed by atoms with Crippen molar-refractivity contribution in [3.05, 3.63) is 34.6 Å². The summed E-state index contributed by atoms with van der Waals surface area (Å²) in [6, 6.07) is 5.25. The number of nitrogens with one attached hydrogen (secondary N) is 1. The van der Waals surface area contributed by atoms with E-state index in [9.17, 15) is 4.39 Å². The molecular weight excluding hydrogens is 253 g/mol. The van der Waals surface area contributed by atoms with Gasteiger partial charge in [0.15, 0.2) is 0 Å². The maximum atomic E-state index is 13.3. The van der Waals surface area contributed by atoms with E-state index in [1.165, 1.54) is 6.07 Å². The van der Waals surface area contributed by atoms with Crippen LogP contribution in [0.15, 0.2) is 18.2 Å². The molecule has 0 saturated heterocycles. The van der Waals surface area contributed by atoms with Crippen molar-refractivity contribution in [1.82, 2.24) is 5.32 Å². The van der Waals surface area contributed by atoms with Crippen LogP contribution in [-0.4, -0.2) is 26.3 Å². The Bertz CT molecular complexity index is 360. The first-order chi connectivity index (χ1) is 8.69. The Labute approximate surface area is 113 Å². The van der Waals surface area contributed by atoms with Crippen molar-refractivity contribution in [2.24, 2.45) is 0 Å². The largest absolute Gasteiger partial charge is 0.382 e. The van der Waals surface area contributed by atoms with Gasteiger partial charge in [-0.15, -0.1) is 0 Å². The summed E-state index contributed by atoms with van der Waals surface area (Å²) in [7, 11) is 1.92. The maximum Gasteiger partial charge on any atom is 0.142 e. The van der Waals surface area contributed by atoms with Crippen molar-refractivity contribution in [1.29, 1.82) is 0 Å². The summed E-state index contributed by atoms with van der Waals surface area (Å²) in [4.78, 5) is 0. The minimum atomic E-state index is -0.349. The van der Waals surface area contributed by atoms with Crippen LogP contribution in [0.5, 0.6) is 0 Å². The van der Waals surface area contributed by atoms with Crippen molar-refractivity contribution in [2.45, 2.75) is 32.2 Å². The Morgan fingerprint density at radius 3 is 2.89 bits per heavy atom. The van der Waals surface area contributed by atoms with Gasteiger partial charge in [0, 0.05) is 19.3 Å². The van der Waals surface area contributed by atoms with Crippen LogP contribution in [0.3, 0.4) is 0 Å². The van der Waals surface area contributed by atoms with Crippen molar-refractivity contribution < 1.29 is 9.13 Å². The Balaban J connectivity index is 2.49. The zero-order valence-corrected chi connectivity index (χ0v) is 11.8. The molecule has 1 N–H and O–H groups in total. The second-order valence-corrected chi connectivity index (χ2v) is 4.62. The quantitative estimate of drug-likeness (QED) is 0.733. The molecule has 1 unspecified atom stereocenters. The third kappa shape index (κ3) is 4.92. The minimum absolute atomic E-state index is 0.238. The highest BCUT2D eigenvalue weighted by molar-refractivity contribution is 6.31. The fourth-order valence-electron chi connectivity index (χ4n) is 1.90. The standard InChI is InChI=1S/C14H21ClFNO/c1-3-18-9-5-7-12(17-2)10-11-6-4-8-13(16)14(11)15/h4,6,8,12,17H,3,5,7,9-10H2,1-2H3. The van der Waals surface area contributed by atoms with Gasteiger partial charge in [-0.1, -0.05) is 23.7 Å². The summed E-state index contributed by atoms with van der Waals surface area (Å²) < 4.78 is 18.6. The maximum absolute atomic E-state index is 13.3. The molecule has 0 aliphatic rings. The molecule has 18 heavy (non-hydrogen) atoms. The van der Waals surface area contributed by atoms with Crippen molar-refractivity contribution in [3.63, 3.8) is 0 Å². The molecule has 0 fully saturated rings. The minimum Gasteiger partial charge on any atom is -0.382 e. The van der Waals surface area contributed by atoms with E-state index in [0.717, 1.165) is 38.0 Å². The van der Waals surface area contributed by atoms with Gasteiger partial charge in [0.05, 0.1) is 5.02 Å². The van der Waals surface area contributed by atoms with Gasteiger partial charge in [0.25, 0.3) is 0 Å². The van der Waals surface area contributed by atoms with Gasteiger partial charge in [0.2, 0.25) is 0 Å². The Morgan fingerprint density at radius 1 is 1.44 bits per heavy atom. The Kier molecular flexibility index (Phi) is 7.25. The summed E-state index contributed by atoms with van der Waals surface area (Å²) >= 11 is 5.95. The van der Waals surface area contributed by atoms with Crippen molar-refractivity contribution in [3.8, 4) is 0 Å². The first kappa shape index (κ1) is 15.4. The summed E-state index contributed by atoms with van der Waals surface area (Å²) in [6.07, 6.45) is 2.72. The van der Waals surface area contributed by atoms with Crippen LogP contribution in [-0.2, 0) is 11.2 Å². The lowest BCUT2D eigenvalue weighted by Crippen LogP contribution is -2.28. The molecule has 0 bridgehead atoms. The monoisotopic (exact) mass is 273 g/mol. The molecule has 1 rings (SSSR count). The zero-order chi connectivity index (χ0) is 13.4. The third-order valence-corrected chi connectivity index (χ3v) is 3.37. The normalized spacial score (nSPS) is 12.7. The summed E-state index contributed by atoms with van der Waals surface area (Å²) in [5.41, 5.74) is 0.854. The first-order valence-corrected chi connectivity index (χ1v) is 6.74. The van der Waals surface area contributed by atoms with Gasteiger partial charge in [-0.25, -0.2) is 4.39 Å². The topological polar surface area (TPSA) is 21.3 Å². The number of ether oxygens (including phenoxy) is 1. The molecule has 0 radical (unpaired) electrons. The van der Waals surface area contributed by atoms with Crippen molar-refractivity contribution in [2.75, 3.05) is 20.3 Å². The Hall–Kier alpha value is -0.640. The average molecular weight is 274 g/mol. The molecule has 0 aliphatic heterocycles. The molecule has 0 aliphatic carbocycles. The highest BCUT2D eigenvalue weighted by Crippen LogP contribution is 2.21. The number of halogens is 2. The van der Waals surface area contributed by atoms with Crippen LogP contribution >= 0.6 is 11.6 Å². The SMILES string of the molecule is CCOCCCC(Cc1cccc(F)c1Cl)NC. The van der Waals surface area contributed by atoms with Gasteiger partial charge < -0.3 is 10.1 Å². The van der Waals surface area contributed by atoms with E-state index in [2.05, 4.69) is 5.32 Å². The predicted octanol–water partition coefficient (Wildman–Crippen LogP) is 3.43. The second kappa shape index (κ2) is 8.46. The summed E-state index contributed by atoms with van der Waals surface area (Å²) in [5, 5.41) is 3.48. The van der Waals surface area contributed by atoms with E-state index >= 15 is 0 Å². The average Bonchev–Trinajstić information content (AvgIpc) is 2.38. The molecule has 0 spiro atoms. The van der Waals surface area contributed by atoms with Crippen LogP contribution in [0, 0.1) is 5.82 Å². The van der Waals surface area contributed by atoms with Gasteiger partial charge in [-0.05, 0) is 44.9 Å². The Morgan fingerprint density at radius 2 is 2.22 bits per heavy atom. The van der Waals surface area contributed by atoms with Crippen LogP contribution in [0.2, 0.25) is 5.02 Å².